The molecule has 0 amide bonds. The van der Waals surface area contributed by atoms with E-state index in [9.17, 15) is 0 Å². The number of nitrogens with one attached hydrogen (secondary N) is 1. The van der Waals surface area contributed by atoms with Crippen LogP contribution in [0, 0.1) is 0 Å². The Kier molecular flexibility index (Phi) is 5.05. The maximum absolute atomic E-state index is 6.31. The van der Waals surface area contributed by atoms with Crippen LogP contribution in [0.5, 0.6) is 17.2 Å². The number of anilines is 2. The zero-order chi connectivity index (χ0) is 20.4. The van der Waals surface area contributed by atoms with E-state index in [2.05, 4.69) is 25.3 Å². The van der Waals surface area contributed by atoms with E-state index >= 15 is 0 Å². The van der Waals surface area contributed by atoms with Gasteiger partial charge < -0.3 is 19.5 Å². The topological polar surface area (TPSA) is 96.2 Å². The first-order valence-corrected chi connectivity index (χ1v) is 8.91. The van der Waals surface area contributed by atoms with Crippen LogP contribution in [0.25, 0.3) is 17.0 Å². The molecule has 4 aromatic rings. The number of hydrogen-bond acceptors (Lipinski definition) is 8. The number of imidazole rings is 1. The molecule has 29 heavy (non-hydrogen) atoms. The SMILES string of the molecule is COc1cc(Nc2ncnc(-n3c(Cl)nc4ccccc43)n2)cc(OC)c1OC. The Labute approximate surface area is 171 Å². The van der Waals surface area contributed by atoms with Crippen LogP contribution in [-0.4, -0.2) is 45.8 Å². The zero-order valence-corrected chi connectivity index (χ0v) is 16.6. The predicted octanol–water partition coefficient (Wildman–Crippen LogP) is 3.63. The van der Waals surface area contributed by atoms with E-state index in [-0.39, 0.29) is 5.28 Å². The molecule has 0 saturated heterocycles. The van der Waals surface area contributed by atoms with Crippen molar-refractivity contribution < 1.29 is 14.2 Å². The highest BCUT2D eigenvalue weighted by atomic mass is 35.5. The lowest BCUT2D eigenvalue weighted by atomic mass is 10.2. The molecule has 0 spiro atoms. The minimum absolute atomic E-state index is 0.260. The highest BCUT2D eigenvalue weighted by Gasteiger charge is 2.16. The number of aromatic nitrogens is 5. The van der Waals surface area contributed by atoms with Crippen molar-refractivity contribution >= 4 is 34.3 Å². The van der Waals surface area contributed by atoms with Gasteiger partial charge in [-0.1, -0.05) is 12.1 Å². The average Bonchev–Trinajstić information content (AvgIpc) is 3.08. The lowest BCUT2D eigenvalue weighted by Crippen LogP contribution is -2.06. The number of para-hydroxylation sites is 2. The molecule has 2 aromatic heterocycles. The van der Waals surface area contributed by atoms with Crippen molar-refractivity contribution in [2.24, 2.45) is 0 Å². The predicted molar refractivity (Wildman–Crippen MR) is 109 cm³/mol. The van der Waals surface area contributed by atoms with Gasteiger partial charge in [-0.3, -0.25) is 4.57 Å². The standard InChI is InChI=1S/C19H17ClN6O3/c1-27-14-8-11(9-15(28-2)16(14)29-3)23-18-21-10-22-19(25-18)26-13-7-5-4-6-12(13)24-17(26)20/h4-10H,1-3H3,(H,21,22,23,25). The first kappa shape index (κ1) is 18.8. The average molecular weight is 413 g/mol. The first-order valence-electron chi connectivity index (χ1n) is 8.54. The Balaban J connectivity index is 1.73. The molecule has 2 heterocycles. The van der Waals surface area contributed by atoms with E-state index in [1.807, 2.05) is 24.3 Å². The number of nitrogens with zero attached hydrogens (tertiary/aromatic N) is 5. The van der Waals surface area contributed by atoms with Gasteiger partial charge in [0.25, 0.3) is 0 Å². The van der Waals surface area contributed by atoms with Crippen LogP contribution in [0.1, 0.15) is 0 Å². The maximum atomic E-state index is 6.31. The number of rotatable bonds is 6. The Bertz CT molecular complexity index is 1150. The summed E-state index contributed by atoms with van der Waals surface area (Å²) < 4.78 is 17.7. The molecule has 10 heteroatoms. The van der Waals surface area contributed by atoms with Crippen LogP contribution >= 0.6 is 11.6 Å². The Morgan fingerprint density at radius 1 is 0.931 bits per heavy atom. The van der Waals surface area contributed by atoms with Crippen LogP contribution in [0.2, 0.25) is 5.28 Å². The molecule has 0 aliphatic carbocycles. The molecular formula is C19H17ClN6O3. The molecule has 0 aliphatic heterocycles. The summed E-state index contributed by atoms with van der Waals surface area (Å²) in [6.45, 7) is 0. The van der Waals surface area contributed by atoms with E-state index in [0.29, 0.717) is 34.8 Å². The third kappa shape index (κ3) is 3.47. The summed E-state index contributed by atoms with van der Waals surface area (Å²) in [6.07, 6.45) is 1.40. The second-order valence-electron chi connectivity index (χ2n) is 5.85. The molecule has 0 bridgehead atoms. The van der Waals surface area contributed by atoms with E-state index < -0.39 is 0 Å². The quantitative estimate of drug-likeness (QED) is 0.512. The van der Waals surface area contributed by atoms with Gasteiger partial charge in [0.1, 0.15) is 6.33 Å². The largest absolute Gasteiger partial charge is 0.493 e. The Morgan fingerprint density at radius 3 is 2.34 bits per heavy atom. The lowest BCUT2D eigenvalue weighted by molar-refractivity contribution is 0.324. The van der Waals surface area contributed by atoms with Gasteiger partial charge in [0.2, 0.25) is 22.9 Å². The molecule has 0 atom stereocenters. The van der Waals surface area contributed by atoms with Crippen LogP contribution < -0.4 is 19.5 Å². The van der Waals surface area contributed by atoms with E-state index in [0.717, 1.165) is 11.0 Å². The molecule has 0 aliphatic rings. The Hall–Kier alpha value is -3.59. The maximum Gasteiger partial charge on any atom is 0.241 e. The second kappa shape index (κ2) is 7.80. The van der Waals surface area contributed by atoms with E-state index in [1.165, 1.54) is 6.33 Å². The highest BCUT2D eigenvalue weighted by molar-refractivity contribution is 6.29. The van der Waals surface area contributed by atoms with Gasteiger partial charge >= 0.3 is 0 Å². The van der Waals surface area contributed by atoms with Gasteiger partial charge in [0.05, 0.1) is 32.4 Å². The van der Waals surface area contributed by atoms with Gasteiger partial charge in [-0.05, 0) is 23.7 Å². The molecule has 2 aromatic carbocycles. The monoisotopic (exact) mass is 412 g/mol. The highest BCUT2D eigenvalue weighted by Crippen LogP contribution is 2.40. The fourth-order valence-corrected chi connectivity index (χ4v) is 3.18. The van der Waals surface area contributed by atoms with Crippen molar-refractivity contribution in [1.82, 2.24) is 24.5 Å². The van der Waals surface area contributed by atoms with Crippen molar-refractivity contribution in [2.45, 2.75) is 0 Å². The van der Waals surface area contributed by atoms with Crippen molar-refractivity contribution in [1.29, 1.82) is 0 Å². The number of fused-ring (bicyclic) bond motifs is 1. The van der Waals surface area contributed by atoms with Gasteiger partial charge in [0, 0.05) is 17.8 Å². The molecule has 0 fully saturated rings. The molecule has 9 nitrogen and oxygen atoms in total. The number of methoxy groups -OCH3 is 3. The number of hydrogen-bond donors (Lipinski definition) is 1. The van der Waals surface area contributed by atoms with Crippen LogP contribution in [-0.2, 0) is 0 Å². The minimum atomic E-state index is 0.260. The summed E-state index contributed by atoms with van der Waals surface area (Å²) in [5.74, 6) is 2.17. The number of benzene rings is 2. The van der Waals surface area contributed by atoms with Crippen LogP contribution in [0.4, 0.5) is 11.6 Å². The summed E-state index contributed by atoms with van der Waals surface area (Å²) in [4.78, 5) is 17.2. The molecule has 0 unspecified atom stereocenters. The molecule has 0 radical (unpaired) electrons. The summed E-state index contributed by atoms with van der Waals surface area (Å²) in [5, 5.41) is 3.38. The number of halogens is 1. The van der Waals surface area contributed by atoms with Crippen LogP contribution in [0.3, 0.4) is 0 Å². The van der Waals surface area contributed by atoms with E-state index in [1.54, 1.807) is 38.0 Å². The summed E-state index contributed by atoms with van der Waals surface area (Å²) in [6, 6.07) is 11.1. The summed E-state index contributed by atoms with van der Waals surface area (Å²) in [5.41, 5.74) is 2.19. The van der Waals surface area contributed by atoms with Gasteiger partial charge in [-0.15, -0.1) is 0 Å². The fraction of sp³-hybridized carbons (Fsp3) is 0.158. The summed E-state index contributed by atoms with van der Waals surface area (Å²) >= 11 is 6.31. The van der Waals surface area contributed by atoms with Gasteiger partial charge in [-0.25, -0.2) is 15.0 Å². The normalized spacial score (nSPS) is 10.8. The van der Waals surface area contributed by atoms with Crippen molar-refractivity contribution in [3.8, 4) is 23.2 Å². The molecule has 0 saturated carbocycles. The van der Waals surface area contributed by atoms with Gasteiger partial charge in [0.15, 0.2) is 11.5 Å². The lowest BCUT2D eigenvalue weighted by Gasteiger charge is -2.14. The van der Waals surface area contributed by atoms with Gasteiger partial charge in [-0.2, -0.15) is 4.98 Å². The first-order chi connectivity index (χ1) is 14.1. The van der Waals surface area contributed by atoms with Crippen molar-refractivity contribution in [3.05, 3.63) is 48.0 Å². The second-order valence-corrected chi connectivity index (χ2v) is 6.19. The molecular weight excluding hydrogens is 396 g/mol. The van der Waals surface area contributed by atoms with Crippen LogP contribution in [0.15, 0.2) is 42.7 Å². The Morgan fingerprint density at radius 2 is 1.66 bits per heavy atom. The van der Waals surface area contributed by atoms with Crippen molar-refractivity contribution in [3.63, 3.8) is 0 Å². The van der Waals surface area contributed by atoms with Crippen molar-refractivity contribution in [2.75, 3.05) is 26.6 Å². The third-order valence-corrected chi connectivity index (χ3v) is 4.45. The zero-order valence-electron chi connectivity index (χ0n) is 15.9. The minimum Gasteiger partial charge on any atom is -0.493 e. The molecule has 148 valence electrons. The fourth-order valence-electron chi connectivity index (χ4n) is 2.92. The molecule has 1 N–H and O–H groups in total. The third-order valence-electron chi connectivity index (χ3n) is 4.20. The smallest absolute Gasteiger partial charge is 0.241 e. The summed E-state index contributed by atoms with van der Waals surface area (Å²) in [7, 11) is 4.65. The number of ether oxygens (including phenoxy) is 3. The van der Waals surface area contributed by atoms with E-state index in [4.69, 9.17) is 25.8 Å². The molecule has 4 rings (SSSR count).